The van der Waals surface area contributed by atoms with E-state index in [1.54, 1.807) is 11.3 Å². The molecule has 1 amide bonds. The van der Waals surface area contributed by atoms with E-state index in [0.29, 0.717) is 49.6 Å². The highest BCUT2D eigenvalue weighted by atomic mass is 32.1. The van der Waals surface area contributed by atoms with Gasteiger partial charge in [0.15, 0.2) is 5.78 Å². The maximum atomic E-state index is 13.7. The predicted molar refractivity (Wildman–Crippen MR) is 164 cm³/mol. The van der Waals surface area contributed by atoms with Gasteiger partial charge in [0, 0.05) is 43.8 Å². The number of rotatable bonds is 15. The summed E-state index contributed by atoms with van der Waals surface area (Å²) in [5.74, 6) is 0.480. The van der Waals surface area contributed by atoms with Gasteiger partial charge in [0.1, 0.15) is 5.78 Å². The Balaban J connectivity index is 1.43. The molecule has 0 radical (unpaired) electrons. The molecule has 1 saturated carbocycles. The number of likely N-dealkylation sites (tertiary alicyclic amines) is 1. The van der Waals surface area contributed by atoms with Gasteiger partial charge in [-0.15, -0.1) is 11.3 Å². The van der Waals surface area contributed by atoms with Gasteiger partial charge in [0.05, 0.1) is 21.1 Å². The number of thiazole rings is 1. The van der Waals surface area contributed by atoms with Crippen molar-refractivity contribution in [3.05, 3.63) is 40.9 Å². The van der Waals surface area contributed by atoms with E-state index in [2.05, 4.69) is 48.8 Å². The zero-order valence-corrected chi connectivity index (χ0v) is 25.5. The fraction of sp³-hybridized carbons (Fsp3) is 0.636. The first kappa shape index (κ1) is 30.6. The first-order valence-electron chi connectivity index (χ1n) is 15.4. The Morgan fingerprint density at radius 1 is 1.12 bits per heavy atom. The number of carbonyl (C=O) groups excluding carboxylic acids is 3. The van der Waals surface area contributed by atoms with Crippen molar-refractivity contribution in [2.45, 2.75) is 103 Å². The third kappa shape index (κ3) is 8.32. The Hall–Kier alpha value is -2.38. The lowest BCUT2D eigenvalue weighted by atomic mass is 9.90. The van der Waals surface area contributed by atoms with Gasteiger partial charge in [-0.1, -0.05) is 46.3 Å². The Labute approximate surface area is 244 Å². The molecule has 1 aromatic heterocycles. The number of fused-ring (bicyclic) bond motifs is 1. The summed E-state index contributed by atoms with van der Waals surface area (Å²) in [5.41, 5.74) is 2.90. The van der Waals surface area contributed by atoms with E-state index in [1.807, 2.05) is 6.92 Å². The van der Waals surface area contributed by atoms with Crippen LogP contribution in [-0.2, 0) is 20.8 Å². The second-order valence-corrected chi connectivity index (χ2v) is 13.3. The van der Waals surface area contributed by atoms with Crippen molar-refractivity contribution < 1.29 is 14.4 Å². The van der Waals surface area contributed by atoms with Crippen LogP contribution in [0.2, 0.25) is 0 Å². The Morgan fingerprint density at radius 2 is 1.85 bits per heavy atom. The van der Waals surface area contributed by atoms with Crippen molar-refractivity contribution in [1.29, 1.82) is 0 Å². The lowest BCUT2D eigenvalue weighted by Crippen LogP contribution is -2.44. The smallest absolute Gasteiger partial charge is 0.224 e. The molecule has 0 bridgehead atoms. The summed E-state index contributed by atoms with van der Waals surface area (Å²) < 4.78 is 1.12. The van der Waals surface area contributed by atoms with Gasteiger partial charge in [0.2, 0.25) is 5.91 Å². The number of hydrogen-bond acceptors (Lipinski definition) is 6. The molecule has 1 aromatic carbocycles. The number of nitrogens with zero attached hydrogens (tertiary/aromatic N) is 2. The molecule has 6 nitrogen and oxygen atoms in total. The number of hydrogen-bond donors (Lipinski definition) is 1. The van der Waals surface area contributed by atoms with E-state index >= 15 is 0 Å². The number of aromatic nitrogens is 1. The van der Waals surface area contributed by atoms with Gasteiger partial charge in [-0.2, -0.15) is 0 Å². The molecular formula is C33H47N3O3S. The van der Waals surface area contributed by atoms with Crippen LogP contribution in [0.1, 0.15) is 101 Å². The third-order valence-corrected chi connectivity index (χ3v) is 9.81. The second-order valence-electron chi connectivity index (χ2n) is 12.2. The zero-order valence-electron chi connectivity index (χ0n) is 24.7. The monoisotopic (exact) mass is 565 g/mol. The summed E-state index contributed by atoms with van der Waals surface area (Å²) in [4.78, 5) is 46.3. The molecule has 0 unspecified atom stereocenters. The highest BCUT2D eigenvalue weighted by Gasteiger charge is 2.31. The molecule has 1 aliphatic carbocycles. The van der Waals surface area contributed by atoms with Gasteiger partial charge >= 0.3 is 0 Å². The Bertz CT molecular complexity index is 1190. The molecule has 1 N–H and O–H groups in total. The second kappa shape index (κ2) is 14.5. The molecule has 0 spiro atoms. The van der Waals surface area contributed by atoms with Crippen molar-refractivity contribution >= 4 is 39.0 Å². The van der Waals surface area contributed by atoms with Crippen LogP contribution >= 0.6 is 11.3 Å². The highest BCUT2D eigenvalue weighted by molar-refractivity contribution is 7.18. The van der Waals surface area contributed by atoms with Crippen LogP contribution in [-0.4, -0.2) is 53.0 Å². The van der Waals surface area contributed by atoms with Crippen LogP contribution in [0.15, 0.2) is 30.4 Å². The number of benzene rings is 1. The maximum Gasteiger partial charge on any atom is 0.224 e. The van der Waals surface area contributed by atoms with Crippen molar-refractivity contribution in [1.82, 2.24) is 15.2 Å². The van der Waals surface area contributed by atoms with E-state index < -0.39 is 5.92 Å². The highest BCUT2D eigenvalue weighted by Crippen LogP contribution is 2.31. The lowest BCUT2D eigenvalue weighted by Gasteiger charge is -2.27. The number of Topliss-reactive ketones (excluding diaryl/α,β-unsaturated/α-hetero) is 2. The van der Waals surface area contributed by atoms with Crippen molar-refractivity contribution in [3.8, 4) is 0 Å². The predicted octanol–water partition coefficient (Wildman–Crippen LogP) is 6.62. The van der Waals surface area contributed by atoms with Gasteiger partial charge < -0.3 is 5.32 Å². The van der Waals surface area contributed by atoms with E-state index in [9.17, 15) is 14.4 Å². The number of nitrogens with one attached hydrogen (secondary N) is 1. The standard InChI is InChI=1S/C33H47N3O3S/c1-5-27(37)18-26(20-32-34-29-13-12-25(22(2)3)19-31(29)40-32)33(39)35-28(24-10-6-7-11-24)14-15-30(38)23(4)21-36-16-8-9-17-36/h12-13,19,22,24,26,28H,4-11,14-18,20-21H2,1-3H3,(H,35,39)/t26-,28+/m0/s1. The Kier molecular flexibility index (Phi) is 11.1. The molecule has 2 aromatic rings. The fourth-order valence-corrected chi connectivity index (χ4v) is 7.27. The molecule has 1 saturated heterocycles. The molecule has 40 heavy (non-hydrogen) atoms. The number of carbonyl (C=O) groups is 3. The first-order chi connectivity index (χ1) is 19.2. The minimum Gasteiger partial charge on any atom is -0.353 e. The molecular weight excluding hydrogens is 518 g/mol. The molecule has 7 heteroatoms. The average Bonchev–Trinajstić information content (AvgIpc) is 3.72. The fourth-order valence-electron chi connectivity index (χ4n) is 6.17. The molecule has 2 heterocycles. The quantitative estimate of drug-likeness (QED) is 0.245. The summed E-state index contributed by atoms with van der Waals surface area (Å²) in [6.07, 6.45) is 8.97. The van der Waals surface area contributed by atoms with Crippen LogP contribution in [0, 0.1) is 11.8 Å². The lowest BCUT2D eigenvalue weighted by molar-refractivity contribution is -0.130. The maximum absolute atomic E-state index is 13.7. The summed E-state index contributed by atoms with van der Waals surface area (Å²) in [5, 5.41) is 4.22. The van der Waals surface area contributed by atoms with Gasteiger partial charge in [0.25, 0.3) is 0 Å². The van der Waals surface area contributed by atoms with Gasteiger partial charge in [-0.25, -0.2) is 4.98 Å². The van der Waals surface area contributed by atoms with E-state index in [0.717, 1.165) is 54.0 Å². The van der Waals surface area contributed by atoms with E-state index in [1.165, 1.54) is 18.4 Å². The molecule has 1 aliphatic heterocycles. The molecule has 4 rings (SSSR count). The van der Waals surface area contributed by atoms with Crippen LogP contribution in [0.4, 0.5) is 0 Å². The zero-order chi connectivity index (χ0) is 28.6. The topological polar surface area (TPSA) is 79.4 Å². The van der Waals surface area contributed by atoms with Crippen LogP contribution in [0.5, 0.6) is 0 Å². The molecule has 218 valence electrons. The summed E-state index contributed by atoms with van der Waals surface area (Å²) >= 11 is 1.62. The van der Waals surface area contributed by atoms with Crippen molar-refractivity contribution in [2.24, 2.45) is 11.8 Å². The third-order valence-electron chi connectivity index (χ3n) is 8.77. The summed E-state index contributed by atoms with van der Waals surface area (Å²) in [6, 6.07) is 6.32. The molecule has 2 fully saturated rings. The average molecular weight is 566 g/mol. The normalized spacial score (nSPS) is 17.9. The largest absolute Gasteiger partial charge is 0.353 e. The van der Waals surface area contributed by atoms with Gasteiger partial charge in [-0.05, 0) is 74.7 Å². The summed E-state index contributed by atoms with van der Waals surface area (Å²) in [7, 11) is 0. The molecule has 2 aliphatic rings. The SMILES string of the molecule is C=C(CN1CCCC1)C(=O)CC[C@@H](NC(=O)[C@@H](CC(=O)CC)Cc1nc2ccc(C(C)C)cc2s1)C1CCCC1. The first-order valence-corrected chi connectivity index (χ1v) is 16.2. The van der Waals surface area contributed by atoms with Crippen LogP contribution < -0.4 is 5.32 Å². The van der Waals surface area contributed by atoms with Gasteiger partial charge in [-0.3, -0.25) is 19.3 Å². The minimum absolute atomic E-state index is 0.0540. The minimum atomic E-state index is -0.456. The van der Waals surface area contributed by atoms with Crippen LogP contribution in [0.3, 0.4) is 0 Å². The van der Waals surface area contributed by atoms with E-state index in [-0.39, 0.29) is 29.9 Å². The number of ketones is 2. The van der Waals surface area contributed by atoms with Crippen LogP contribution in [0.25, 0.3) is 10.2 Å². The Morgan fingerprint density at radius 3 is 2.52 bits per heavy atom. The van der Waals surface area contributed by atoms with Crippen molar-refractivity contribution in [2.75, 3.05) is 19.6 Å². The van der Waals surface area contributed by atoms with Crippen molar-refractivity contribution in [3.63, 3.8) is 0 Å². The van der Waals surface area contributed by atoms with E-state index in [4.69, 9.17) is 4.98 Å². The molecule has 2 atom stereocenters. The summed E-state index contributed by atoms with van der Waals surface area (Å²) in [6.45, 7) is 13.0. The number of amides is 1.